The van der Waals surface area contributed by atoms with Gasteiger partial charge in [0.1, 0.15) is 18.0 Å². The maximum absolute atomic E-state index is 12.0. The number of esters is 1. The monoisotopic (exact) mass is 370 g/mol. The van der Waals surface area contributed by atoms with Crippen LogP contribution in [0.2, 0.25) is 0 Å². The lowest BCUT2D eigenvalue weighted by Gasteiger charge is -2.08. The second-order valence-corrected chi connectivity index (χ2v) is 5.53. The molecule has 0 saturated heterocycles. The average Bonchev–Trinajstić information content (AvgIpc) is 2.66. The van der Waals surface area contributed by atoms with Crippen LogP contribution >= 0.6 is 0 Å². The molecular weight excluding hydrogens is 352 g/mol. The number of hydrogen-bond donors (Lipinski definition) is 1. The Balaban J connectivity index is 1.92. The van der Waals surface area contributed by atoms with E-state index in [0.717, 1.165) is 0 Å². The minimum atomic E-state index is -0.696. The van der Waals surface area contributed by atoms with Crippen molar-refractivity contribution in [1.29, 1.82) is 0 Å². The molecule has 0 aliphatic heterocycles. The standard InChI is InChI=1S/C19H18N2O6/c1-3-10-26-15-7-5-14(6-8-15)19(23)27-12-18(22)20-16-9-4-13(2)11-17(16)21(24)25/h3-9,11H,1,10,12H2,2H3,(H,20,22). The number of carbonyl (C=O) groups excluding carboxylic acids is 2. The molecule has 27 heavy (non-hydrogen) atoms. The predicted octanol–water partition coefficient (Wildman–Crippen LogP) is 3.26. The Labute approximate surface area is 155 Å². The molecule has 0 fully saturated rings. The van der Waals surface area contributed by atoms with Crippen molar-refractivity contribution >= 4 is 23.3 Å². The predicted molar refractivity (Wildman–Crippen MR) is 98.9 cm³/mol. The number of nitrogens with one attached hydrogen (secondary N) is 1. The number of anilines is 1. The van der Waals surface area contributed by atoms with Crippen molar-refractivity contribution < 1.29 is 24.0 Å². The van der Waals surface area contributed by atoms with Gasteiger partial charge in [0.05, 0.1) is 10.5 Å². The lowest BCUT2D eigenvalue weighted by atomic mass is 10.2. The summed E-state index contributed by atoms with van der Waals surface area (Å²) in [4.78, 5) is 34.4. The Kier molecular flexibility index (Phi) is 6.65. The third kappa shape index (κ3) is 5.67. The molecule has 0 radical (unpaired) electrons. The molecule has 0 aliphatic carbocycles. The first-order valence-electron chi connectivity index (χ1n) is 7.96. The second kappa shape index (κ2) is 9.14. The maximum atomic E-state index is 12.0. The molecule has 8 heteroatoms. The minimum Gasteiger partial charge on any atom is -0.490 e. The highest BCUT2D eigenvalue weighted by molar-refractivity contribution is 5.96. The van der Waals surface area contributed by atoms with E-state index in [-0.39, 0.29) is 16.9 Å². The summed E-state index contributed by atoms with van der Waals surface area (Å²) in [5.74, 6) is -0.809. The molecule has 0 atom stereocenters. The van der Waals surface area contributed by atoms with Crippen molar-refractivity contribution in [2.24, 2.45) is 0 Å². The Morgan fingerprint density at radius 3 is 2.56 bits per heavy atom. The summed E-state index contributed by atoms with van der Waals surface area (Å²) in [5.41, 5.74) is 0.738. The average molecular weight is 370 g/mol. The largest absolute Gasteiger partial charge is 0.490 e. The van der Waals surface area contributed by atoms with E-state index < -0.39 is 23.4 Å². The highest BCUT2D eigenvalue weighted by Gasteiger charge is 2.17. The number of carbonyl (C=O) groups is 2. The van der Waals surface area contributed by atoms with Gasteiger partial charge in [-0.3, -0.25) is 14.9 Å². The molecule has 0 aliphatic rings. The summed E-state index contributed by atoms with van der Waals surface area (Å²) in [7, 11) is 0. The minimum absolute atomic E-state index is 0.0374. The zero-order chi connectivity index (χ0) is 19.8. The first kappa shape index (κ1) is 19.6. The second-order valence-electron chi connectivity index (χ2n) is 5.53. The fourth-order valence-electron chi connectivity index (χ4n) is 2.14. The third-order valence-corrected chi connectivity index (χ3v) is 3.42. The summed E-state index contributed by atoms with van der Waals surface area (Å²) < 4.78 is 10.2. The Morgan fingerprint density at radius 2 is 1.93 bits per heavy atom. The van der Waals surface area contributed by atoms with Gasteiger partial charge >= 0.3 is 5.97 Å². The summed E-state index contributed by atoms with van der Waals surface area (Å²) in [6, 6.07) is 10.6. The lowest BCUT2D eigenvalue weighted by Crippen LogP contribution is -2.21. The number of nitro groups is 1. The fraction of sp³-hybridized carbons (Fsp3) is 0.158. The van der Waals surface area contributed by atoms with Crippen molar-refractivity contribution in [1.82, 2.24) is 0 Å². The Morgan fingerprint density at radius 1 is 1.22 bits per heavy atom. The molecule has 0 spiro atoms. The zero-order valence-corrected chi connectivity index (χ0v) is 14.6. The van der Waals surface area contributed by atoms with E-state index >= 15 is 0 Å². The molecule has 2 aromatic carbocycles. The van der Waals surface area contributed by atoms with Crippen molar-refractivity contribution in [3.05, 3.63) is 76.4 Å². The molecule has 8 nitrogen and oxygen atoms in total. The van der Waals surface area contributed by atoms with Gasteiger partial charge in [-0.25, -0.2) is 4.79 Å². The number of nitro benzene ring substituents is 1. The van der Waals surface area contributed by atoms with Crippen LogP contribution in [0.15, 0.2) is 55.1 Å². The number of aryl methyl sites for hydroxylation is 1. The summed E-state index contributed by atoms with van der Waals surface area (Å²) in [6.45, 7) is 5.01. The van der Waals surface area contributed by atoms with Crippen molar-refractivity contribution in [3.63, 3.8) is 0 Å². The number of amides is 1. The summed E-state index contributed by atoms with van der Waals surface area (Å²) >= 11 is 0. The van der Waals surface area contributed by atoms with Crippen LogP contribution in [0.25, 0.3) is 0 Å². The van der Waals surface area contributed by atoms with E-state index in [1.54, 1.807) is 31.2 Å². The van der Waals surface area contributed by atoms with Crippen LogP contribution in [0.5, 0.6) is 5.75 Å². The van der Waals surface area contributed by atoms with Gasteiger partial charge in [-0.15, -0.1) is 0 Å². The van der Waals surface area contributed by atoms with E-state index in [9.17, 15) is 19.7 Å². The van der Waals surface area contributed by atoms with E-state index in [2.05, 4.69) is 11.9 Å². The normalized spacial score (nSPS) is 9.96. The van der Waals surface area contributed by atoms with Crippen LogP contribution in [0, 0.1) is 17.0 Å². The van der Waals surface area contributed by atoms with Crippen LogP contribution in [0.4, 0.5) is 11.4 Å². The van der Waals surface area contributed by atoms with Gasteiger partial charge in [0.15, 0.2) is 6.61 Å². The molecule has 0 unspecified atom stereocenters. The molecule has 1 amide bonds. The highest BCUT2D eigenvalue weighted by Crippen LogP contribution is 2.25. The number of hydrogen-bond acceptors (Lipinski definition) is 6. The van der Waals surface area contributed by atoms with Gasteiger partial charge < -0.3 is 14.8 Å². The first-order valence-corrected chi connectivity index (χ1v) is 7.96. The molecule has 140 valence electrons. The van der Waals surface area contributed by atoms with Crippen LogP contribution in [-0.4, -0.2) is 30.0 Å². The van der Waals surface area contributed by atoms with Crippen LogP contribution in [-0.2, 0) is 9.53 Å². The summed E-state index contributed by atoms with van der Waals surface area (Å²) in [6.07, 6.45) is 1.60. The van der Waals surface area contributed by atoms with Crippen LogP contribution in [0.3, 0.4) is 0 Å². The van der Waals surface area contributed by atoms with Gasteiger partial charge in [0.25, 0.3) is 11.6 Å². The van der Waals surface area contributed by atoms with E-state index in [1.165, 1.54) is 24.3 Å². The van der Waals surface area contributed by atoms with Crippen LogP contribution < -0.4 is 10.1 Å². The number of benzene rings is 2. The van der Waals surface area contributed by atoms with Crippen molar-refractivity contribution in [2.75, 3.05) is 18.5 Å². The van der Waals surface area contributed by atoms with Gasteiger partial charge in [-0.05, 0) is 42.8 Å². The fourth-order valence-corrected chi connectivity index (χ4v) is 2.14. The van der Waals surface area contributed by atoms with Crippen molar-refractivity contribution in [3.8, 4) is 5.75 Å². The molecule has 0 aromatic heterocycles. The van der Waals surface area contributed by atoms with Gasteiger partial charge in [-0.1, -0.05) is 18.7 Å². The number of ether oxygens (including phenoxy) is 2. The molecule has 2 rings (SSSR count). The Bertz CT molecular complexity index is 861. The smallest absolute Gasteiger partial charge is 0.338 e. The molecule has 1 N–H and O–H groups in total. The molecular formula is C19H18N2O6. The van der Waals surface area contributed by atoms with Gasteiger partial charge in [0, 0.05) is 6.07 Å². The van der Waals surface area contributed by atoms with Gasteiger partial charge in [0.2, 0.25) is 0 Å². The zero-order valence-electron chi connectivity index (χ0n) is 14.6. The van der Waals surface area contributed by atoms with Gasteiger partial charge in [-0.2, -0.15) is 0 Å². The van der Waals surface area contributed by atoms with E-state index in [4.69, 9.17) is 9.47 Å². The van der Waals surface area contributed by atoms with E-state index in [1.807, 2.05) is 0 Å². The molecule has 0 bridgehead atoms. The number of nitrogens with zero attached hydrogens (tertiary/aromatic N) is 1. The Hall–Kier alpha value is -3.68. The molecule has 2 aromatic rings. The highest BCUT2D eigenvalue weighted by atomic mass is 16.6. The molecule has 0 heterocycles. The van der Waals surface area contributed by atoms with Crippen LogP contribution in [0.1, 0.15) is 15.9 Å². The summed E-state index contributed by atoms with van der Waals surface area (Å²) in [5, 5.41) is 13.4. The number of rotatable bonds is 8. The van der Waals surface area contributed by atoms with E-state index in [0.29, 0.717) is 17.9 Å². The van der Waals surface area contributed by atoms with Crippen molar-refractivity contribution in [2.45, 2.75) is 6.92 Å². The SMILES string of the molecule is C=CCOc1ccc(C(=O)OCC(=O)Nc2ccc(C)cc2[N+](=O)[O-])cc1. The third-order valence-electron chi connectivity index (χ3n) is 3.42. The molecule has 0 saturated carbocycles. The quantitative estimate of drug-likeness (QED) is 0.331. The lowest BCUT2D eigenvalue weighted by molar-refractivity contribution is -0.384. The topological polar surface area (TPSA) is 108 Å². The first-order chi connectivity index (χ1) is 12.9. The maximum Gasteiger partial charge on any atom is 0.338 e.